The first kappa shape index (κ1) is 44.3. The molecule has 0 aliphatic heterocycles. The standard InChI is InChI=1S/C44H59N7O8S/c1-9-25-21-44(25,41(56)57)51-38(53)30-18-27(59-34-20-32(33-22-60-42(48-33)46-23(2)3)47-31-19-26(58-8)15-16-28(31)34)17-29(30)37(52)50-36(43(4,5)6)40(55)49-35(39(54)45-7)24-13-11-10-12-14-24/h9,15-16,19-20,22-25,27,29-30,35-36H,1,10-14,17-18,21H2,2-8H3,(H,45,54)(H,46,48)(H,49,55)(H,50,52)(H,51,53)(H,56,57)/t25?,27-,29+,30+,35-,36+,44+/m0/s1. The molecule has 60 heavy (non-hydrogen) atoms. The van der Waals surface area contributed by atoms with Crippen LogP contribution in [0.2, 0.25) is 0 Å². The average molecular weight is 846 g/mol. The molecule has 3 fully saturated rings. The van der Waals surface area contributed by atoms with E-state index in [0.29, 0.717) is 33.8 Å². The van der Waals surface area contributed by atoms with Crippen LogP contribution < -0.4 is 36.1 Å². The number of pyridine rings is 1. The Labute approximate surface area is 355 Å². The van der Waals surface area contributed by atoms with Crippen molar-refractivity contribution in [2.45, 2.75) is 116 Å². The van der Waals surface area contributed by atoms with E-state index in [9.17, 15) is 29.1 Å². The van der Waals surface area contributed by atoms with Gasteiger partial charge >= 0.3 is 5.97 Å². The van der Waals surface area contributed by atoms with E-state index in [2.05, 4.69) is 33.2 Å². The molecular weight excluding hydrogens is 787 g/mol. The number of ether oxygens (including phenoxy) is 2. The van der Waals surface area contributed by atoms with Crippen LogP contribution in [0.25, 0.3) is 22.3 Å². The fourth-order valence-electron chi connectivity index (χ4n) is 8.59. The highest BCUT2D eigenvalue weighted by molar-refractivity contribution is 7.14. The molecule has 2 heterocycles. The molecule has 3 aromatic rings. The lowest BCUT2D eigenvalue weighted by molar-refractivity contribution is -0.145. The number of hydrogen-bond acceptors (Lipinski definition) is 11. The number of nitrogens with zero attached hydrogens (tertiary/aromatic N) is 2. The van der Waals surface area contributed by atoms with Gasteiger partial charge in [-0.3, -0.25) is 19.2 Å². The normalized spacial score (nSPS) is 23.9. The van der Waals surface area contributed by atoms with E-state index >= 15 is 0 Å². The molecule has 1 aromatic carbocycles. The lowest BCUT2D eigenvalue weighted by atomic mass is 9.82. The molecule has 3 aliphatic rings. The first-order valence-corrected chi connectivity index (χ1v) is 21.7. The van der Waals surface area contributed by atoms with Gasteiger partial charge in [0.1, 0.15) is 40.9 Å². The van der Waals surface area contributed by atoms with E-state index in [1.165, 1.54) is 24.5 Å². The number of benzene rings is 1. The summed E-state index contributed by atoms with van der Waals surface area (Å²) in [5, 5.41) is 28.1. The minimum Gasteiger partial charge on any atom is -0.497 e. The fourth-order valence-corrected chi connectivity index (χ4v) is 9.44. The predicted octanol–water partition coefficient (Wildman–Crippen LogP) is 5.45. The molecule has 0 radical (unpaired) electrons. The molecule has 16 heteroatoms. The summed E-state index contributed by atoms with van der Waals surface area (Å²) in [6.07, 6.45) is 5.80. The molecule has 3 saturated carbocycles. The number of thiazole rings is 1. The maximum absolute atomic E-state index is 14.6. The van der Waals surface area contributed by atoms with Gasteiger partial charge in [0, 0.05) is 41.9 Å². The van der Waals surface area contributed by atoms with Crippen LogP contribution in [0.1, 0.15) is 86.0 Å². The van der Waals surface area contributed by atoms with Crippen LogP contribution >= 0.6 is 11.3 Å². The number of carboxylic acids is 1. The first-order chi connectivity index (χ1) is 28.5. The van der Waals surface area contributed by atoms with Gasteiger partial charge in [-0.15, -0.1) is 17.9 Å². The summed E-state index contributed by atoms with van der Waals surface area (Å²) in [5.41, 5.74) is -0.544. The SMILES string of the molecule is C=CC1C[C@]1(NC(=O)[C@@H]1C[C@@H](Oc2cc(-c3csc(NC(C)C)n3)nc3cc(OC)ccc23)C[C@H]1C(=O)N[C@H](C(=O)N[C@H](C(=O)NC)C1CCCCC1)C(C)(C)C)C(=O)O. The zero-order valence-electron chi connectivity index (χ0n) is 35.6. The van der Waals surface area contributed by atoms with Gasteiger partial charge in [-0.05, 0) is 69.4 Å². The van der Waals surface area contributed by atoms with Crippen molar-refractivity contribution in [2.75, 3.05) is 19.5 Å². The molecular formula is C44H59N7O8S. The molecule has 0 spiro atoms. The van der Waals surface area contributed by atoms with Crippen LogP contribution in [0.4, 0.5) is 5.13 Å². The summed E-state index contributed by atoms with van der Waals surface area (Å²) in [5.74, 6) is -4.58. The van der Waals surface area contributed by atoms with Crippen molar-refractivity contribution in [2.24, 2.45) is 29.1 Å². The summed E-state index contributed by atoms with van der Waals surface area (Å²) in [4.78, 5) is 78.1. The monoisotopic (exact) mass is 845 g/mol. The number of amides is 4. The number of hydrogen-bond donors (Lipinski definition) is 6. The average Bonchev–Trinajstić information content (AvgIpc) is 3.48. The number of carbonyl (C=O) groups is 5. The molecule has 324 valence electrons. The van der Waals surface area contributed by atoms with E-state index in [1.54, 1.807) is 25.3 Å². The molecule has 7 atom stereocenters. The molecule has 0 saturated heterocycles. The molecule has 3 aliphatic carbocycles. The Bertz CT molecular complexity index is 2110. The Morgan fingerprint density at radius 3 is 2.27 bits per heavy atom. The topological polar surface area (TPSA) is 210 Å². The number of rotatable bonds is 16. The van der Waals surface area contributed by atoms with Crippen LogP contribution in [0, 0.1) is 29.1 Å². The van der Waals surface area contributed by atoms with E-state index in [4.69, 9.17) is 19.4 Å². The molecule has 2 aromatic heterocycles. The third-order valence-electron chi connectivity index (χ3n) is 12.0. The van der Waals surface area contributed by atoms with Crippen molar-refractivity contribution < 1.29 is 38.6 Å². The van der Waals surface area contributed by atoms with Crippen molar-refractivity contribution in [1.29, 1.82) is 0 Å². The van der Waals surface area contributed by atoms with Crippen molar-refractivity contribution >= 4 is 57.0 Å². The highest BCUT2D eigenvalue weighted by Crippen LogP contribution is 2.46. The molecule has 6 rings (SSSR count). The highest BCUT2D eigenvalue weighted by atomic mass is 32.1. The van der Waals surface area contributed by atoms with Crippen molar-refractivity contribution in [3.05, 3.63) is 42.3 Å². The summed E-state index contributed by atoms with van der Waals surface area (Å²) >= 11 is 1.45. The number of aromatic nitrogens is 2. The van der Waals surface area contributed by atoms with Crippen LogP contribution in [0.5, 0.6) is 11.5 Å². The third-order valence-corrected chi connectivity index (χ3v) is 12.8. The number of carboxylic acid groups (broad SMARTS) is 1. The van der Waals surface area contributed by atoms with Gasteiger partial charge in [-0.25, -0.2) is 14.8 Å². The number of carbonyl (C=O) groups excluding carboxylic acids is 4. The Kier molecular flexibility index (Phi) is 13.4. The smallest absolute Gasteiger partial charge is 0.330 e. The number of aliphatic carboxylic acids is 1. The maximum Gasteiger partial charge on any atom is 0.330 e. The Morgan fingerprint density at radius 2 is 1.67 bits per heavy atom. The molecule has 15 nitrogen and oxygen atoms in total. The van der Waals surface area contributed by atoms with E-state index < -0.39 is 70.6 Å². The van der Waals surface area contributed by atoms with Gasteiger partial charge in [-0.1, -0.05) is 46.1 Å². The van der Waals surface area contributed by atoms with E-state index in [1.807, 2.05) is 46.1 Å². The minimum absolute atomic E-state index is 0.0386. The molecule has 0 bridgehead atoms. The number of likely N-dealkylation sites (N-methyl/N-ethyl adjacent to an activating group) is 1. The van der Waals surface area contributed by atoms with Crippen LogP contribution in [0.15, 0.2) is 42.3 Å². The predicted molar refractivity (Wildman–Crippen MR) is 230 cm³/mol. The van der Waals surface area contributed by atoms with Gasteiger partial charge in [-0.2, -0.15) is 0 Å². The molecule has 1 unspecified atom stereocenters. The minimum atomic E-state index is -1.52. The molecule has 4 amide bonds. The largest absolute Gasteiger partial charge is 0.497 e. The summed E-state index contributed by atoms with van der Waals surface area (Å²) < 4.78 is 12.2. The lowest BCUT2D eigenvalue weighted by Gasteiger charge is -2.35. The summed E-state index contributed by atoms with van der Waals surface area (Å²) in [6, 6.07) is 5.56. The van der Waals surface area contributed by atoms with Gasteiger partial charge in [0.2, 0.25) is 23.6 Å². The van der Waals surface area contributed by atoms with Gasteiger partial charge < -0.3 is 41.2 Å². The Hall–Kier alpha value is -5.25. The maximum atomic E-state index is 14.6. The second-order valence-electron chi connectivity index (χ2n) is 17.8. The zero-order chi connectivity index (χ0) is 43.5. The number of anilines is 1. The first-order valence-electron chi connectivity index (χ1n) is 20.9. The molecule has 6 N–H and O–H groups in total. The Morgan fingerprint density at radius 1 is 0.967 bits per heavy atom. The number of nitrogens with one attached hydrogen (secondary N) is 5. The van der Waals surface area contributed by atoms with Gasteiger partial charge in [0.25, 0.3) is 0 Å². The fraction of sp³-hybridized carbons (Fsp3) is 0.568. The summed E-state index contributed by atoms with van der Waals surface area (Å²) in [6.45, 7) is 13.3. The highest BCUT2D eigenvalue weighted by Gasteiger charge is 2.61. The number of methoxy groups -OCH3 is 1. The van der Waals surface area contributed by atoms with E-state index in [0.717, 1.165) is 37.2 Å². The van der Waals surface area contributed by atoms with Crippen molar-refractivity contribution in [3.8, 4) is 22.9 Å². The third kappa shape index (κ3) is 9.69. The van der Waals surface area contributed by atoms with Crippen LogP contribution in [0.3, 0.4) is 0 Å². The zero-order valence-corrected chi connectivity index (χ0v) is 36.4. The number of fused-ring (bicyclic) bond motifs is 1. The lowest BCUT2D eigenvalue weighted by Crippen LogP contribution is -2.60. The second-order valence-corrected chi connectivity index (χ2v) is 18.6. The van der Waals surface area contributed by atoms with E-state index in [-0.39, 0.29) is 37.1 Å². The van der Waals surface area contributed by atoms with Gasteiger partial charge in [0.15, 0.2) is 5.13 Å². The second kappa shape index (κ2) is 18.2. The Balaban J connectivity index is 1.31. The summed E-state index contributed by atoms with van der Waals surface area (Å²) in [7, 11) is 3.11. The van der Waals surface area contributed by atoms with Gasteiger partial charge in [0.05, 0.1) is 30.2 Å². The van der Waals surface area contributed by atoms with Crippen LogP contribution in [-0.4, -0.2) is 88.6 Å². The quantitative estimate of drug-likeness (QED) is 0.1000. The van der Waals surface area contributed by atoms with Crippen molar-refractivity contribution in [1.82, 2.24) is 31.2 Å². The van der Waals surface area contributed by atoms with Crippen molar-refractivity contribution in [3.63, 3.8) is 0 Å². The van der Waals surface area contributed by atoms with Crippen LogP contribution in [-0.2, 0) is 24.0 Å².